The number of β-lactam (4-membered cyclic amide) rings is 1. The molecule has 4 aliphatic rings. The number of aromatic carboxylic acids is 1. The van der Waals surface area contributed by atoms with Gasteiger partial charge in [0.25, 0.3) is 11.8 Å². The number of halogens is 1. The molecule has 0 spiro atoms. The van der Waals surface area contributed by atoms with Crippen molar-refractivity contribution in [2.24, 2.45) is 0 Å². The lowest BCUT2D eigenvalue weighted by Crippen LogP contribution is -2.68. The molecule has 1 saturated carbocycles. The molecule has 2 atom stereocenters. The SMILES string of the molecule is O=C(COc1ccccc1)NC1C(=O)N2C(C(=O)O)=C(COC(=O)N3CCN(c4cc5c(cc4F)c(=O)c(C(=O)O)cn5C4CC4)CC3)SC12. The number of carbonyl (C=O) groups is 5. The number of carboxylic acids is 2. The van der Waals surface area contributed by atoms with Crippen molar-refractivity contribution in [3.05, 3.63) is 80.9 Å². The second kappa shape index (κ2) is 13.0. The van der Waals surface area contributed by atoms with Crippen LogP contribution in [0.3, 0.4) is 0 Å². The van der Waals surface area contributed by atoms with Crippen LogP contribution in [-0.4, -0.2) is 105 Å². The fourth-order valence-corrected chi connectivity index (χ4v) is 7.60. The molecular formula is C33H30FN5O10S. The summed E-state index contributed by atoms with van der Waals surface area (Å²) in [6.45, 7) is -0.0292. The van der Waals surface area contributed by atoms with E-state index in [1.165, 1.54) is 17.2 Å². The maximum atomic E-state index is 15.4. The number of para-hydroxylation sites is 1. The van der Waals surface area contributed by atoms with Crippen molar-refractivity contribution in [1.29, 1.82) is 0 Å². The third-order valence-corrected chi connectivity index (χ3v) is 10.2. The summed E-state index contributed by atoms with van der Waals surface area (Å²) >= 11 is 1.01. The zero-order valence-electron chi connectivity index (χ0n) is 26.2. The number of nitrogens with zero attached hydrogens (tertiary/aromatic N) is 4. The van der Waals surface area contributed by atoms with Crippen LogP contribution < -0.4 is 20.4 Å². The molecule has 3 fully saturated rings. The average molecular weight is 708 g/mol. The first kappa shape index (κ1) is 32.9. The summed E-state index contributed by atoms with van der Waals surface area (Å²) in [6.07, 6.45) is 2.20. The lowest BCUT2D eigenvalue weighted by molar-refractivity contribution is -0.150. The Morgan fingerprint density at radius 1 is 0.980 bits per heavy atom. The Kier molecular flexibility index (Phi) is 8.59. The van der Waals surface area contributed by atoms with Crippen LogP contribution in [0, 0.1) is 5.82 Å². The quantitative estimate of drug-likeness (QED) is 0.261. The van der Waals surface area contributed by atoms with Crippen molar-refractivity contribution >= 4 is 58.2 Å². The number of rotatable bonds is 10. The Morgan fingerprint density at radius 2 is 1.70 bits per heavy atom. The summed E-state index contributed by atoms with van der Waals surface area (Å²) in [7, 11) is 0. The van der Waals surface area contributed by atoms with Crippen molar-refractivity contribution in [1.82, 2.24) is 19.7 Å². The van der Waals surface area contributed by atoms with E-state index in [1.54, 1.807) is 39.8 Å². The lowest BCUT2D eigenvalue weighted by Gasteiger charge is -2.42. The standard InChI is InChI=1S/C33H30FN5O10S/c34-21-12-19-22(38(17-6-7-17)14-20(28(19)41)31(43)44)13-23(21)36-8-10-37(11-9-36)33(47)49-15-24-27(32(45)46)39-29(42)26(30(39)50-24)35-25(40)16-48-18-4-2-1-3-5-18/h1-5,12-14,17,26,30H,6-11,15-16H2,(H,35,40)(H,43,44)(H,45,46). The third kappa shape index (κ3) is 6.08. The molecule has 3 aliphatic heterocycles. The van der Waals surface area contributed by atoms with Crippen molar-refractivity contribution in [2.75, 3.05) is 44.3 Å². The van der Waals surface area contributed by atoms with Gasteiger partial charge in [0.2, 0.25) is 5.43 Å². The molecule has 15 nitrogen and oxygen atoms in total. The van der Waals surface area contributed by atoms with E-state index in [0.717, 1.165) is 35.6 Å². The second-order valence-corrected chi connectivity index (χ2v) is 13.3. The molecule has 4 heterocycles. The molecule has 0 bridgehead atoms. The number of hydrogen-bond donors (Lipinski definition) is 3. The van der Waals surface area contributed by atoms with Crippen LogP contribution in [0.5, 0.6) is 5.75 Å². The number of anilines is 1. The summed E-state index contributed by atoms with van der Waals surface area (Å²) in [5, 5.41) is 21.2. The van der Waals surface area contributed by atoms with E-state index in [2.05, 4.69) is 5.32 Å². The Hall–Kier alpha value is -5.58. The summed E-state index contributed by atoms with van der Waals surface area (Å²) < 4.78 is 27.9. The van der Waals surface area contributed by atoms with E-state index >= 15 is 4.39 Å². The van der Waals surface area contributed by atoms with Gasteiger partial charge in [-0.1, -0.05) is 30.0 Å². The fourth-order valence-electron chi connectivity index (χ4n) is 6.25. The number of pyridine rings is 1. The highest BCUT2D eigenvalue weighted by Gasteiger charge is 2.57. The molecule has 3 N–H and O–H groups in total. The van der Waals surface area contributed by atoms with Gasteiger partial charge in [-0.2, -0.15) is 0 Å². The number of fused-ring (bicyclic) bond motifs is 2. The van der Waals surface area contributed by atoms with E-state index < -0.39 is 64.7 Å². The van der Waals surface area contributed by atoms with Crippen LogP contribution in [0.1, 0.15) is 29.2 Å². The number of aliphatic carboxylic acids is 1. The highest BCUT2D eigenvalue weighted by molar-refractivity contribution is 8.04. The molecule has 2 unspecified atom stereocenters. The van der Waals surface area contributed by atoms with Gasteiger partial charge in [0, 0.05) is 43.8 Å². The Labute approximate surface area is 286 Å². The van der Waals surface area contributed by atoms with Gasteiger partial charge < -0.3 is 39.4 Å². The molecule has 2 aromatic carbocycles. The summed E-state index contributed by atoms with van der Waals surface area (Å²) in [6, 6.07) is 10.3. The number of nitrogens with one attached hydrogen (secondary N) is 1. The van der Waals surface area contributed by atoms with Crippen LogP contribution in [0.2, 0.25) is 0 Å². The maximum absolute atomic E-state index is 15.4. The molecule has 50 heavy (non-hydrogen) atoms. The van der Waals surface area contributed by atoms with Crippen LogP contribution in [0.15, 0.2) is 64.1 Å². The number of aromatic nitrogens is 1. The summed E-state index contributed by atoms with van der Waals surface area (Å²) in [5.41, 5.74) is -0.850. The number of carboxylic acid groups (broad SMARTS) is 2. The number of hydrogen-bond acceptors (Lipinski definition) is 10. The minimum atomic E-state index is -1.38. The largest absolute Gasteiger partial charge is 0.484 e. The van der Waals surface area contributed by atoms with Crippen LogP contribution in [0.25, 0.3) is 10.9 Å². The highest BCUT2D eigenvalue weighted by atomic mass is 32.2. The minimum Gasteiger partial charge on any atom is -0.484 e. The predicted molar refractivity (Wildman–Crippen MR) is 175 cm³/mol. The molecule has 1 aromatic heterocycles. The first-order chi connectivity index (χ1) is 24.0. The predicted octanol–water partition coefficient (Wildman–Crippen LogP) is 2.21. The molecule has 3 aromatic rings. The van der Waals surface area contributed by atoms with Crippen LogP contribution in [0.4, 0.5) is 14.9 Å². The van der Waals surface area contributed by atoms with Gasteiger partial charge in [0.15, 0.2) is 6.61 Å². The monoisotopic (exact) mass is 707 g/mol. The van der Waals surface area contributed by atoms with Gasteiger partial charge in [-0.05, 0) is 37.1 Å². The second-order valence-electron chi connectivity index (χ2n) is 12.1. The van der Waals surface area contributed by atoms with Gasteiger partial charge in [0.1, 0.15) is 40.8 Å². The summed E-state index contributed by atoms with van der Waals surface area (Å²) in [5.74, 6) is -4.15. The van der Waals surface area contributed by atoms with E-state index in [0.29, 0.717) is 11.3 Å². The molecule has 0 radical (unpaired) electrons. The van der Waals surface area contributed by atoms with Crippen molar-refractivity contribution in [3.8, 4) is 5.75 Å². The van der Waals surface area contributed by atoms with Crippen molar-refractivity contribution in [2.45, 2.75) is 30.3 Å². The first-order valence-electron chi connectivity index (χ1n) is 15.7. The topological polar surface area (TPSA) is 188 Å². The zero-order chi connectivity index (χ0) is 35.3. The highest BCUT2D eigenvalue weighted by Crippen LogP contribution is 2.46. The molecule has 260 valence electrons. The number of carbonyl (C=O) groups excluding carboxylic acids is 3. The fraction of sp³-hybridized carbons (Fsp3) is 0.333. The van der Waals surface area contributed by atoms with E-state index in [4.69, 9.17) is 9.47 Å². The van der Waals surface area contributed by atoms with Gasteiger partial charge in [-0.25, -0.2) is 18.8 Å². The van der Waals surface area contributed by atoms with E-state index in [1.807, 2.05) is 0 Å². The maximum Gasteiger partial charge on any atom is 0.410 e. The molecule has 2 saturated heterocycles. The van der Waals surface area contributed by atoms with Gasteiger partial charge in [-0.15, -0.1) is 0 Å². The molecule has 1 aliphatic carbocycles. The van der Waals surface area contributed by atoms with Crippen molar-refractivity contribution < 1.29 is 48.0 Å². The number of benzene rings is 2. The van der Waals surface area contributed by atoms with Crippen LogP contribution in [-0.2, 0) is 19.1 Å². The number of thioether (sulfide) groups is 1. The van der Waals surface area contributed by atoms with Gasteiger partial charge in [0.05, 0.1) is 16.1 Å². The zero-order valence-corrected chi connectivity index (χ0v) is 27.1. The Morgan fingerprint density at radius 3 is 2.36 bits per heavy atom. The summed E-state index contributed by atoms with van der Waals surface area (Å²) in [4.78, 5) is 79.1. The first-order valence-corrected chi connectivity index (χ1v) is 16.6. The number of ether oxygens (including phenoxy) is 2. The van der Waals surface area contributed by atoms with Gasteiger partial charge in [-0.3, -0.25) is 19.3 Å². The number of piperazine rings is 1. The normalized spacial score (nSPS) is 20.0. The van der Waals surface area contributed by atoms with Crippen LogP contribution >= 0.6 is 11.8 Å². The molecule has 17 heteroatoms. The third-order valence-electron chi connectivity index (χ3n) is 8.92. The number of amides is 3. The van der Waals surface area contributed by atoms with E-state index in [-0.39, 0.29) is 60.5 Å². The average Bonchev–Trinajstić information content (AvgIpc) is 3.89. The van der Waals surface area contributed by atoms with Crippen molar-refractivity contribution in [3.63, 3.8) is 0 Å². The molecular weight excluding hydrogens is 677 g/mol. The molecule has 3 amide bonds. The van der Waals surface area contributed by atoms with Gasteiger partial charge >= 0.3 is 18.0 Å². The van der Waals surface area contributed by atoms with E-state index in [9.17, 15) is 39.0 Å². The minimum absolute atomic E-state index is 0.0164. The Balaban J connectivity index is 0.960. The molecule has 7 rings (SSSR count). The lowest BCUT2D eigenvalue weighted by atomic mass is 10.1. The Bertz CT molecular complexity index is 2030. The smallest absolute Gasteiger partial charge is 0.410 e.